The van der Waals surface area contributed by atoms with Crippen LogP contribution in [-0.2, 0) is 4.79 Å². The molecule has 1 saturated carbocycles. The molecule has 0 aliphatic heterocycles. The number of hydrogen-bond acceptors (Lipinski definition) is 2. The first-order valence-electron chi connectivity index (χ1n) is 8.60. The molecule has 2 nitrogen and oxygen atoms in total. The highest BCUT2D eigenvalue weighted by molar-refractivity contribution is 7.80. The zero-order valence-electron chi connectivity index (χ0n) is 14.1. The minimum Gasteiger partial charge on any atom is -0.311 e. The third-order valence-corrected chi connectivity index (χ3v) is 4.93. The van der Waals surface area contributed by atoms with Crippen molar-refractivity contribution in [3.63, 3.8) is 0 Å². The van der Waals surface area contributed by atoms with Crippen LogP contribution in [0.4, 0.5) is 5.69 Å². The molecule has 0 unspecified atom stereocenters. The number of rotatable bonds is 5. The molecule has 1 aromatic carbocycles. The van der Waals surface area contributed by atoms with Crippen LogP contribution in [0.5, 0.6) is 0 Å². The molecule has 0 saturated heterocycles. The minimum absolute atomic E-state index is 0.204. The van der Waals surface area contributed by atoms with E-state index < -0.39 is 0 Å². The summed E-state index contributed by atoms with van der Waals surface area (Å²) in [6, 6.07) is 6.18. The van der Waals surface area contributed by atoms with Gasteiger partial charge in [-0.3, -0.25) is 4.79 Å². The lowest BCUT2D eigenvalue weighted by molar-refractivity contribution is -0.123. The van der Waals surface area contributed by atoms with Gasteiger partial charge < -0.3 is 4.90 Å². The maximum Gasteiger partial charge on any atom is 0.230 e. The van der Waals surface area contributed by atoms with Crippen molar-refractivity contribution in [3.8, 4) is 0 Å². The normalized spacial score (nSPS) is 16.0. The van der Waals surface area contributed by atoms with Crippen LogP contribution in [0, 0.1) is 18.8 Å². The number of carbonyl (C=O) groups is 1. The third-order valence-electron chi connectivity index (χ3n) is 4.57. The number of amides is 1. The Labute approximate surface area is 140 Å². The summed E-state index contributed by atoms with van der Waals surface area (Å²) < 4.78 is 0. The second-order valence-corrected chi connectivity index (χ2v) is 7.48. The molecule has 0 spiro atoms. The number of hydrogen-bond donors (Lipinski definition) is 1. The van der Waals surface area contributed by atoms with E-state index in [1.807, 2.05) is 4.90 Å². The highest BCUT2D eigenvalue weighted by Crippen LogP contribution is 2.31. The number of benzene rings is 1. The molecule has 0 bridgehead atoms. The summed E-state index contributed by atoms with van der Waals surface area (Å²) in [4.78, 5) is 15.9. The molecule has 1 fully saturated rings. The average molecular weight is 320 g/mol. The van der Waals surface area contributed by atoms with E-state index in [4.69, 9.17) is 0 Å². The van der Waals surface area contributed by atoms with Crippen LogP contribution in [0.2, 0.25) is 0 Å². The number of aryl methyl sites for hydroxylation is 1. The van der Waals surface area contributed by atoms with Crippen LogP contribution in [0.15, 0.2) is 23.1 Å². The Balaban J connectivity index is 2.22. The zero-order valence-corrected chi connectivity index (χ0v) is 15.0. The molecule has 122 valence electrons. The standard InChI is InChI=1S/C19H29NOS/c1-14(2)11-12-20(17-10-9-15(3)13-18(17)22)19(21)16-7-5-4-6-8-16/h9-10,13-14,16,22H,4-8,11-12H2,1-3H3. The van der Waals surface area contributed by atoms with Crippen molar-refractivity contribution in [3.05, 3.63) is 23.8 Å². The van der Waals surface area contributed by atoms with Gasteiger partial charge in [0.2, 0.25) is 5.91 Å². The summed E-state index contributed by atoms with van der Waals surface area (Å²) >= 11 is 4.62. The molecule has 1 amide bonds. The Morgan fingerprint density at radius 1 is 1.27 bits per heavy atom. The van der Waals surface area contributed by atoms with Crippen molar-refractivity contribution in [1.29, 1.82) is 0 Å². The van der Waals surface area contributed by atoms with Crippen molar-refractivity contribution in [2.45, 2.75) is 64.2 Å². The topological polar surface area (TPSA) is 20.3 Å². The second-order valence-electron chi connectivity index (χ2n) is 7.00. The lowest BCUT2D eigenvalue weighted by atomic mass is 9.88. The van der Waals surface area contributed by atoms with E-state index in [2.05, 4.69) is 51.6 Å². The van der Waals surface area contributed by atoms with Crippen LogP contribution < -0.4 is 4.90 Å². The maximum atomic E-state index is 13.0. The summed E-state index contributed by atoms with van der Waals surface area (Å²) in [6.07, 6.45) is 6.78. The summed E-state index contributed by atoms with van der Waals surface area (Å²) in [6.45, 7) is 7.27. The highest BCUT2D eigenvalue weighted by atomic mass is 32.1. The summed E-state index contributed by atoms with van der Waals surface area (Å²) in [5.74, 6) is 1.10. The zero-order chi connectivity index (χ0) is 16.1. The first-order valence-corrected chi connectivity index (χ1v) is 9.04. The molecule has 0 aromatic heterocycles. The predicted molar refractivity (Wildman–Crippen MR) is 96.8 cm³/mol. The quantitative estimate of drug-likeness (QED) is 0.736. The van der Waals surface area contributed by atoms with Crippen LogP contribution in [0.1, 0.15) is 57.9 Å². The lowest BCUT2D eigenvalue weighted by Gasteiger charge is -2.31. The molecule has 1 aliphatic carbocycles. The molecule has 2 rings (SSSR count). The largest absolute Gasteiger partial charge is 0.311 e. The molecular formula is C19H29NOS. The molecular weight excluding hydrogens is 290 g/mol. The van der Waals surface area contributed by atoms with Gasteiger partial charge in [-0.25, -0.2) is 0 Å². The first kappa shape index (κ1) is 17.4. The van der Waals surface area contributed by atoms with E-state index in [-0.39, 0.29) is 5.92 Å². The van der Waals surface area contributed by atoms with Crippen molar-refractivity contribution in [2.24, 2.45) is 11.8 Å². The van der Waals surface area contributed by atoms with E-state index in [1.165, 1.54) is 24.8 Å². The van der Waals surface area contributed by atoms with Gasteiger partial charge in [-0.1, -0.05) is 39.2 Å². The molecule has 3 heteroatoms. The minimum atomic E-state index is 0.204. The van der Waals surface area contributed by atoms with Gasteiger partial charge in [0, 0.05) is 17.4 Å². The lowest BCUT2D eigenvalue weighted by Crippen LogP contribution is -2.38. The molecule has 1 aliphatic rings. The van der Waals surface area contributed by atoms with Gasteiger partial charge in [0.05, 0.1) is 5.69 Å². The summed E-state index contributed by atoms with van der Waals surface area (Å²) in [5, 5.41) is 0. The van der Waals surface area contributed by atoms with E-state index >= 15 is 0 Å². The first-order chi connectivity index (χ1) is 10.5. The Morgan fingerprint density at radius 3 is 2.55 bits per heavy atom. The van der Waals surface area contributed by atoms with Crippen molar-refractivity contribution in [1.82, 2.24) is 0 Å². The van der Waals surface area contributed by atoms with E-state index in [0.717, 1.165) is 36.4 Å². The summed E-state index contributed by atoms with van der Waals surface area (Å²) in [5.41, 5.74) is 2.16. The smallest absolute Gasteiger partial charge is 0.230 e. The van der Waals surface area contributed by atoms with Gasteiger partial charge in [0.15, 0.2) is 0 Å². The Hall–Kier alpha value is -0.960. The van der Waals surface area contributed by atoms with Crippen LogP contribution >= 0.6 is 12.6 Å². The summed E-state index contributed by atoms with van der Waals surface area (Å²) in [7, 11) is 0. The van der Waals surface area contributed by atoms with Gasteiger partial charge in [0.25, 0.3) is 0 Å². The fraction of sp³-hybridized carbons (Fsp3) is 0.632. The van der Waals surface area contributed by atoms with Crippen LogP contribution in [0.25, 0.3) is 0 Å². The van der Waals surface area contributed by atoms with Crippen molar-refractivity contribution in [2.75, 3.05) is 11.4 Å². The number of anilines is 1. The van der Waals surface area contributed by atoms with Crippen molar-refractivity contribution >= 4 is 24.2 Å². The van der Waals surface area contributed by atoms with Gasteiger partial charge in [-0.2, -0.15) is 0 Å². The predicted octanol–water partition coefficient (Wildman–Crippen LogP) is 5.24. The highest BCUT2D eigenvalue weighted by Gasteiger charge is 2.27. The second kappa shape index (κ2) is 8.05. The molecule has 0 N–H and O–H groups in total. The average Bonchev–Trinajstić information content (AvgIpc) is 2.49. The Bertz CT molecular complexity index is 506. The fourth-order valence-electron chi connectivity index (χ4n) is 3.17. The monoisotopic (exact) mass is 319 g/mol. The van der Waals surface area contributed by atoms with Gasteiger partial charge in [-0.05, 0) is 49.8 Å². The fourth-order valence-corrected chi connectivity index (χ4v) is 3.57. The number of thiol groups is 1. The SMILES string of the molecule is Cc1ccc(N(CCC(C)C)C(=O)C2CCCCC2)c(S)c1. The molecule has 0 radical (unpaired) electrons. The molecule has 0 atom stereocenters. The van der Waals surface area contributed by atoms with E-state index in [9.17, 15) is 4.79 Å². The number of carbonyl (C=O) groups excluding carboxylic acids is 1. The van der Waals surface area contributed by atoms with Crippen LogP contribution in [0.3, 0.4) is 0 Å². The van der Waals surface area contributed by atoms with Gasteiger partial charge in [-0.15, -0.1) is 12.6 Å². The van der Waals surface area contributed by atoms with Gasteiger partial charge >= 0.3 is 0 Å². The van der Waals surface area contributed by atoms with Crippen LogP contribution in [-0.4, -0.2) is 12.5 Å². The van der Waals surface area contributed by atoms with Crippen molar-refractivity contribution < 1.29 is 4.79 Å². The van der Waals surface area contributed by atoms with Gasteiger partial charge in [0.1, 0.15) is 0 Å². The molecule has 22 heavy (non-hydrogen) atoms. The van der Waals surface area contributed by atoms with E-state index in [1.54, 1.807) is 0 Å². The molecule has 0 heterocycles. The Kier molecular flexibility index (Phi) is 6.37. The Morgan fingerprint density at radius 2 is 1.95 bits per heavy atom. The third kappa shape index (κ3) is 4.52. The molecule has 1 aromatic rings. The number of nitrogens with zero attached hydrogens (tertiary/aromatic N) is 1. The maximum absolute atomic E-state index is 13.0. The van der Waals surface area contributed by atoms with E-state index in [0.29, 0.717) is 11.8 Å².